The van der Waals surface area contributed by atoms with E-state index in [1.807, 2.05) is 0 Å². The number of piperidine rings is 1. The molecule has 4 nitrogen and oxygen atoms in total. The van der Waals surface area contributed by atoms with Gasteiger partial charge >= 0.3 is 6.18 Å². The number of likely N-dealkylation sites (N-methyl/N-ethyl adjacent to an activating group) is 1. The lowest BCUT2D eigenvalue weighted by Gasteiger charge is -2.32. The third kappa shape index (κ3) is 3.79. The zero-order chi connectivity index (χ0) is 13.9. The Morgan fingerprint density at radius 3 is 2.74 bits per heavy atom. The average molecular weight is 274 g/mol. The lowest BCUT2D eigenvalue weighted by molar-refractivity contribution is -0.141. The Morgan fingerprint density at radius 1 is 1.37 bits per heavy atom. The van der Waals surface area contributed by atoms with Crippen molar-refractivity contribution >= 4 is 5.82 Å². The summed E-state index contributed by atoms with van der Waals surface area (Å²) in [4.78, 5) is 2.30. The molecule has 0 radical (unpaired) electrons. The number of hydrogen-bond donors (Lipinski definition) is 1. The number of rotatable bonds is 3. The molecule has 1 atom stereocenters. The third-order valence-corrected chi connectivity index (χ3v) is 3.26. The van der Waals surface area contributed by atoms with Gasteiger partial charge in [-0.1, -0.05) is 6.92 Å². The zero-order valence-corrected chi connectivity index (χ0v) is 10.7. The Balaban J connectivity index is 1.96. The molecule has 0 aliphatic carbocycles. The van der Waals surface area contributed by atoms with Crippen LogP contribution in [0.3, 0.4) is 0 Å². The predicted molar refractivity (Wildman–Crippen MR) is 65.8 cm³/mol. The molecule has 106 valence electrons. The molecule has 7 heteroatoms. The van der Waals surface area contributed by atoms with Crippen molar-refractivity contribution in [1.29, 1.82) is 0 Å². The number of aromatic nitrogens is 2. The van der Waals surface area contributed by atoms with E-state index in [4.69, 9.17) is 0 Å². The number of halogens is 3. The number of hydrogen-bond acceptors (Lipinski definition) is 4. The van der Waals surface area contributed by atoms with E-state index in [0.717, 1.165) is 38.5 Å². The van der Waals surface area contributed by atoms with Crippen molar-refractivity contribution < 1.29 is 13.2 Å². The van der Waals surface area contributed by atoms with E-state index in [9.17, 15) is 13.2 Å². The molecule has 0 spiro atoms. The van der Waals surface area contributed by atoms with Crippen molar-refractivity contribution in [1.82, 2.24) is 15.1 Å². The van der Waals surface area contributed by atoms with Gasteiger partial charge in [-0.25, -0.2) is 0 Å². The van der Waals surface area contributed by atoms with E-state index < -0.39 is 11.9 Å². The first-order valence-electron chi connectivity index (χ1n) is 6.39. The highest BCUT2D eigenvalue weighted by Crippen LogP contribution is 2.27. The minimum absolute atomic E-state index is 0.222. The van der Waals surface area contributed by atoms with Crippen LogP contribution in [0.4, 0.5) is 19.0 Å². The second kappa shape index (κ2) is 5.73. The summed E-state index contributed by atoms with van der Waals surface area (Å²) in [5, 5.41) is 9.94. The molecule has 2 rings (SSSR count). The van der Waals surface area contributed by atoms with Gasteiger partial charge in [-0.05, 0) is 38.1 Å². The summed E-state index contributed by atoms with van der Waals surface area (Å²) in [6, 6.07) is 2.51. The molecule has 2 heterocycles. The zero-order valence-electron chi connectivity index (χ0n) is 10.7. The Bertz CT molecular complexity index is 404. The second-order valence-corrected chi connectivity index (χ2v) is 4.68. The molecule has 1 saturated heterocycles. The fraction of sp³-hybridized carbons (Fsp3) is 0.667. The van der Waals surface area contributed by atoms with Crippen molar-refractivity contribution in [2.24, 2.45) is 0 Å². The molecule has 1 N–H and O–H groups in total. The van der Waals surface area contributed by atoms with Crippen molar-refractivity contribution in [2.45, 2.75) is 32.0 Å². The SMILES string of the molecule is CCN1CCCC(Nc2ccc(C(F)(F)F)nn2)C1. The van der Waals surface area contributed by atoms with Crippen LogP contribution in [0.1, 0.15) is 25.5 Å². The summed E-state index contributed by atoms with van der Waals surface area (Å²) in [6.07, 6.45) is -2.35. The molecule has 19 heavy (non-hydrogen) atoms. The van der Waals surface area contributed by atoms with Crippen LogP contribution in [0, 0.1) is 0 Å². The third-order valence-electron chi connectivity index (χ3n) is 3.26. The summed E-state index contributed by atoms with van der Waals surface area (Å²) in [7, 11) is 0. The van der Waals surface area contributed by atoms with Crippen LogP contribution in [0.15, 0.2) is 12.1 Å². The van der Waals surface area contributed by atoms with Gasteiger partial charge in [-0.2, -0.15) is 13.2 Å². The van der Waals surface area contributed by atoms with Crippen molar-refractivity contribution in [3.05, 3.63) is 17.8 Å². The molecule has 0 saturated carbocycles. The Labute approximate surface area is 110 Å². The van der Waals surface area contributed by atoms with Crippen molar-refractivity contribution in [3.63, 3.8) is 0 Å². The minimum Gasteiger partial charge on any atom is -0.365 e. The molecule has 1 aliphatic heterocycles. The van der Waals surface area contributed by atoms with Gasteiger partial charge in [0.25, 0.3) is 0 Å². The highest BCUT2D eigenvalue weighted by molar-refractivity contribution is 5.34. The van der Waals surface area contributed by atoms with E-state index in [1.54, 1.807) is 0 Å². The van der Waals surface area contributed by atoms with Gasteiger partial charge in [0.15, 0.2) is 5.69 Å². The second-order valence-electron chi connectivity index (χ2n) is 4.68. The number of nitrogens with one attached hydrogen (secondary N) is 1. The topological polar surface area (TPSA) is 41.0 Å². The van der Waals surface area contributed by atoms with E-state index in [0.29, 0.717) is 5.82 Å². The molecule has 0 bridgehead atoms. The van der Waals surface area contributed by atoms with Gasteiger partial charge in [0, 0.05) is 12.6 Å². The largest absolute Gasteiger partial charge is 0.435 e. The predicted octanol–water partition coefficient (Wildman–Crippen LogP) is 2.39. The number of alkyl halides is 3. The minimum atomic E-state index is -4.44. The van der Waals surface area contributed by atoms with Crippen LogP contribution in [-0.4, -0.2) is 40.8 Å². The molecular formula is C12H17F3N4. The highest BCUT2D eigenvalue weighted by Gasteiger charge is 2.33. The monoisotopic (exact) mass is 274 g/mol. The molecule has 1 aromatic heterocycles. The lowest BCUT2D eigenvalue weighted by atomic mass is 10.1. The molecule has 0 aromatic carbocycles. The molecule has 1 aromatic rings. The maximum absolute atomic E-state index is 12.3. The average Bonchev–Trinajstić information content (AvgIpc) is 2.38. The first-order valence-corrected chi connectivity index (χ1v) is 6.39. The Hall–Kier alpha value is -1.37. The smallest absolute Gasteiger partial charge is 0.365 e. The fourth-order valence-electron chi connectivity index (χ4n) is 2.23. The number of anilines is 1. The van der Waals surface area contributed by atoms with Crippen LogP contribution in [-0.2, 0) is 6.18 Å². The molecular weight excluding hydrogens is 257 g/mol. The fourth-order valence-corrected chi connectivity index (χ4v) is 2.23. The van der Waals surface area contributed by atoms with Crippen LogP contribution in [0.2, 0.25) is 0 Å². The van der Waals surface area contributed by atoms with E-state index in [2.05, 4.69) is 27.3 Å². The van der Waals surface area contributed by atoms with Gasteiger partial charge in [0.05, 0.1) is 0 Å². The van der Waals surface area contributed by atoms with Crippen LogP contribution in [0.25, 0.3) is 0 Å². The summed E-state index contributed by atoms with van der Waals surface area (Å²) in [5.74, 6) is 0.399. The van der Waals surface area contributed by atoms with Gasteiger partial charge in [-0.15, -0.1) is 10.2 Å². The van der Waals surface area contributed by atoms with Crippen LogP contribution >= 0.6 is 0 Å². The molecule has 1 fully saturated rings. The van der Waals surface area contributed by atoms with Crippen molar-refractivity contribution in [2.75, 3.05) is 25.0 Å². The maximum Gasteiger partial charge on any atom is 0.435 e. The van der Waals surface area contributed by atoms with E-state index >= 15 is 0 Å². The highest BCUT2D eigenvalue weighted by atomic mass is 19.4. The standard InChI is InChI=1S/C12H17F3N4/c1-2-19-7-3-4-9(8-19)16-11-6-5-10(17-18-11)12(13,14)15/h5-6,9H,2-4,7-8H2,1H3,(H,16,18). The van der Waals surface area contributed by atoms with Gasteiger partial charge in [0.1, 0.15) is 5.82 Å². The Kier molecular flexibility index (Phi) is 4.24. The lowest BCUT2D eigenvalue weighted by Crippen LogP contribution is -2.42. The first-order chi connectivity index (χ1) is 8.99. The summed E-state index contributed by atoms with van der Waals surface area (Å²) >= 11 is 0. The summed E-state index contributed by atoms with van der Waals surface area (Å²) in [6.45, 7) is 5.05. The molecule has 0 amide bonds. The number of nitrogens with zero attached hydrogens (tertiary/aromatic N) is 3. The van der Waals surface area contributed by atoms with Crippen LogP contribution < -0.4 is 5.32 Å². The normalized spacial score (nSPS) is 21.4. The first kappa shape index (κ1) is 14.0. The number of likely N-dealkylation sites (tertiary alicyclic amines) is 1. The molecule has 1 aliphatic rings. The van der Waals surface area contributed by atoms with Crippen molar-refractivity contribution in [3.8, 4) is 0 Å². The van der Waals surface area contributed by atoms with Gasteiger partial charge < -0.3 is 10.2 Å². The quantitative estimate of drug-likeness (QED) is 0.919. The van der Waals surface area contributed by atoms with Gasteiger partial charge in [0.2, 0.25) is 0 Å². The van der Waals surface area contributed by atoms with Gasteiger partial charge in [-0.3, -0.25) is 0 Å². The summed E-state index contributed by atoms with van der Waals surface area (Å²) in [5.41, 5.74) is -0.961. The maximum atomic E-state index is 12.3. The molecule has 1 unspecified atom stereocenters. The van der Waals surface area contributed by atoms with E-state index in [-0.39, 0.29) is 6.04 Å². The van der Waals surface area contributed by atoms with Crippen LogP contribution in [0.5, 0.6) is 0 Å². The summed E-state index contributed by atoms with van der Waals surface area (Å²) < 4.78 is 37.0. The Morgan fingerprint density at radius 2 is 2.16 bits per heavy atom. The van der Waals surface area contributed by atoms with E-state index in [1.165, 1.54) is 6.07 Å².